The highest BCUT2D eigenvalue weighted by Gasteiger charge is 2.22. The molecule has 0 bridgehead atoms. The van der Waals surface area contributed by atoms with E-state index >= 15 is 0 Å². The van der Waals surface area contributed by atoms with Crippen LogP contribution in [0.5, 0.6) is 5.75 Å². The minimum atomic E-state index is -0.331. The van der Waals surface area contributed by atoms with Gasteiger partial charge in [0.15, 0.2) is 0 Å². The third kappa shape index (κ3) is 2.59. The van der Waals surface area contributed by atoms with E-state index in [4.69, 9.17) is 9.15 Å². The largest absolute Gasteiger partial charge is 0.478 e. The van der Waals surface area contributed by atoms with Gasteiger partial charge >= 0.3 is 5.63 Å². The standard InChI is InChI=1S/C20H19NO3/c1-2-10-21-12-17-18(23-13-21)9-8-15-16(11-19(22)24-20(15)17)14-6-4-3-5-7-14/h3-9,11H,2,10,12-13H2,1H3. The molecular formula is C20H19NO3. The Morgan fingerprint density at radius 3 is 2.75 bits per heavy atom. The Hall–Kier alpha value is -2.59. The van der Waals surface area contributed by atoms with Crippen LogP contribution in [0.2, 0.25) is 0 Å². The minimum Gasteiger partial charge on any atom is -0.478 e. The second-order valence-electron chi connectivity index (χ2n) is 6.09. The van der Waals surface area contributed by atoms with Gasteiger partial charge in [-0.15, -0.1) is 0 Å². The van der Waals surface area contributed by atoms with Gasteiger partial charge < -0.3 is 9.15 Å². The molecule has 3 aromatic rings. The van der Waals surface area contributed by atoms with Crippen LogP contribution in [0.25, 0.3) is 22.1 Å². The molecule has 122 valence electrons. The second kappa shape index (κ2) is 6.13. The van der Waals surface area contributed by atoms with Crippen molar-refractivity contribution in [2.24, 2.45) is 0 Å². The molecule has 0 saturated heterocycles. The normalized spacial score (nSPS) is 14.4. The van der Waals surface area contributed by atoms with Crippen molar-refractivity contribution in [3.63, 3.8) is 0 Å². The Balaban J connectivity index is 1.93. The summed E-state index contributed by atoms with van der Waals surface area (Å²) in [6, 6.07) is 15.5. The van der Waals surface area contributed by atoms with Gasteiger partial charge in [0, 0.05) is 24.5 Å². The summed E-state index contributed by atoms with van der Waals surface area (Å²) in [5.74, 6) is 0.809. The Kier molecular flexibility index (Phi) is 3.82. The number of hydrogen-bond acceptors (Lipinski definition) is 4. The fraction of sp³-hybridized carbons (Fsp3) is 0.250. The summed E-state index contributed by atoms with van der Waals surface area (Å²) in [7, 11) is 0. The number of benzene rings is 2. The first kappa shape index (κ1) is 15.0. The maximum absolute atomic E-state index is 12.1. The molecule has 0 fully saturated rings. The van der Waals surface area contributed by atoms with E-state index < -0.39 is 0 Å². The summed E-state index contributed by atoms with van der Waals surface area (Å²) in [5, 5.41) is 0.946. The smallest absolute Gasteiger partial charge is 0.336 e. The molecule has 1 aliphatic heterocycles. The molecule has 0 saturated carbocycles. The average molecular weight is 321 g/mol. The lowest BCUT2D eigenvalue weighted by molar-refractivity contribution is 0.0958. The van der Waals surface area contributed by atoms with Crippen molar-refractivity contribution < 1.29 is 9.15 Å². The van der Waals surface area contributed by atoms with Crippen LogP contribution in [-0.2, 0) is 6.54 Å². The van der Waals surface area contributed by atoms with Crippen LogP contribution in [0.4, 0.5) is 0 Å². The van der Waals surface area contributed by atoms with E-state index in [-0.39, 0.29) is 5.63 Å². The first-order valence-electron chi connectivity index (χ1n) is 8.26. The lowest BCUT2D eigenvalue weighted by Gasteiger charge is -2.29. The summed E-state index contributed by atoms with van der Waals surface area (Å²) in [4.78, 5) is 14.4. The predicted octanol–water partition coefficient (Wildman–Crippen LogP) is 4.02. The van der Waals surface area contributed by atoms with Crippen molar-refractivity contribution in [2.45, 2.75) is 19.9 Å². The van der Waals surface area contributed by atoms with Crippen LogP contribution in [0.3, 0.4) is 0 Å². The van der Waals surface area contributed by atoms with Crippen molar-refractivity contribution in [1.82, 2.24) is 4.90 Å². The van der Waals surface area contributed by atoms with Crippen LogP contribution in [0, 0.1) is 0 Å². The lowest BCUT2D eigenvalue weighted by atomic mass is 9.99. The second-order valence-corrected chi connectivity index (χ2v) is 6.09. The van der Waals surface area contributed by atoms with Gasteiger partial charge in [-0.3, -0.25) is 4.90 Å². The molecule has 4 rings (SSSR count). The van der Waals surface area contributed by atoms with Crippen LogP contribution >= 0.6 is 0 Å². The monoisotopic (exact) mass is 321 g/mol. The van der Waals surface area contributed by atoms with Crippen LogP contribution < -0.4 is 10.4 Å². The molecule has 4 nitrogen and oxygen atoms in total. The summed E-state index contributed by atoms with van der Waals surface area (Å²) >= 11 is 0. The van der Waals surface area contributed by atoms with Gasteiger partial charge in [0.1, 0.15) is 18.1 Å². The molecule has 0 unspecified atom stereocenters. The van der Waals surface area contributed by atoms with Crippen molar-refractivity contribution in [3.05, 3.63) is 64.5 Å². The van der Waals surface area contributed by atoms with Gasteiger partial charge in [-0.1, -0.05) is 37.3 Å². The third-order valence-corrected chi connectivity index (χ3v) is 4.38. The van der Waals surface area contributed by atoms with E-state index in [1.54, 1.807) is 6.07 Å². The molecule has 0 amide bonds. The Morgan fingerprint density at radius 2 is 1.96 bits per heavy atom. The molecule has 0 spiro atoms. The van der Waals surface area contributed by atoms with Crippen LogP contribution in [0.15, 0.2) is 57.7 Å². The molecule has 2 aromatic carbocycles. The maximum atomic E-state index is 12.1. The quantitative estimate of drug-likeness (QED) is 0.683. The molecule has 0 radical (unpaired) electrons. The summed E-state index contributed by atoms with van der Waals surface area (Å²) < 4.78 is 11.4. The average Bonchev–Trinajstić information content (AvgIpc) is 2.62. The van der Waals surface area contributed by atoms with Crippen LogP contribution in [-0.4, -0.2) is 18.2 Å². The zero-order valence-electron chi connectivity index (χ0n) is 13.6. The Morgan fingerprint density at radius 1 is 1.12 bits per heavy atom. The molecule has 1 aromatic heterocycles. The van der Waals surface area contributed by atoms with Gasteiger partial charge in [-0.05, 0) is 29.7 Å². The Bertz CT molecular complexity index is 931. The van der Waals surface area contributed by atoms with E-state index in [1.807, 2.05) is 42.5 Å². The highest BCUT2D eigenvalue weighted by atomic mass is 16.5. The SMILES string of the molecule is CCCN1COc2ccc3c(-c4ccccc4)cc(=O)oc3c2C1. The van der Waals surface area contributed by atoms with Crippen molar-refractivity contribution in [3.8, 4) is 16.9 Å². The number of fused-ring (bicyclic) bond motifs is 3. The van der Waals surface area contributed by atoms with Crippen molar-refractivity contribution in [1.29, 1.82) is 0 Å². The molecule has 4 heteroatoms. The predicted molar refractivity (Wildman–Crippen MR) is 94.1 cm³/mol. The van der Waals surface area contributed by atoms with Gasteiger partial charge in [-0.25, -0.2) is 4.79 Å². The molecule has 0 aliphatic carbocycles. The summed E-state index contributed by atoms with van der Waals surface area (Å²) in [5.41, 5.74) is 3.18. The van der Waals surface area contributed by atoms with E-state index in [1.165, 1.54) is 0 Å². The highest BCUT2D eigenvalue weighted by Crippen LogP contribution is 2.35. The number of rotatable bonds is 3. The van der Waals surface area contributed by atoms with E-state index in [0.717, 1.165) is 47.3 Å². The fourth-order valence-corrected chi connectivity index (χ4v) is 3.30. The zero-order valence-corrected chi connectivity index (χ0v) is 13.6. The lowest BCUT2D eigenvalue weighted by Crippen LogP contribution is -2.32. The summed E-state index contributed by atoms with van der Waals surface area (Å²) in [6.07, 6.45) is 1.06. The van der Waals surface area contributed by atoms with Gasteiger partial charge in [0.2, 0.25) is 0 Å². The number of ether oxygens (including phenoxy) is 1. The first-order chi connectivity index (χ1) is 11.8. The van der Waals surface area contributed by atoms with E-state index in [0.29, 0.717) is 12.3 Å². The maximum Gasteiger partial charge on any atom is 0.336 e. The highest BCUT2D eigenvalue weighted by molar-refractivity contribution is 5.95. The minimum absolute atomic E-state index is 0.331. The third-order valence-electron chi connectivity index (χ3n) is 4.38. The number of hydrogen-bond donors (Lipinski definition) is 0. The van der Waals surface area contributed by atoms with Gasteiger partial charge in [0.05, 0.1) is 5.56 Å². The van der Waals surface area contributed by atoms with Crippen molar-refractivity contribution in [2.75, 3.05) is 13.3 Å². The van der Waals surface area contributed by atoms with E-state index in [9.17, 15) is 4.79 Å². The fourth-order valence-electron chi connectivity index (χ4n) is 3.30. The Labute approximate surface area is 140 Å². The zero-order chi connectivity index (χ0) is 16.5. The van der Waals surface area contributed by atoms with Gasteiger partial charge in [0.25, 0.3) is 0 Å². The van der Waals surface area contributed by atoms with E-state index in [2.05, 4.69) is 11.8 Å². The summed E-state index contributed by atoms with van der Waals surface area (Å²) in [6.45, 7) is 4.42. The van der Waals surface area contributed by atoms with Crippen LogP contribution in [0.1, 0.15) is 18.9 Å². The first-order valence-corrected chi connectivity index (χ1v) is 8.26. The van der Waals surface area contributed by atoms with Crippen molar-refractivity contribution >= 4 is 11.0 Å². The topological polar surface area (TPSA) is 42.7 Å². The molecule has 2 heterocycles. The molecular weight excluding hydrogens is 302 g/mol. The molecule has 1 aliphatic rings. The number of nitrogens with zero attached hydrogens (tertiary/aromatic N) is 1. The molecule has 24 heavy (non-hydrogen) atoms. The molecule has 0 atom stereocenters. The van der Waals surface area contributed by atoms with Gasteiger partial charge in [-0.2, -0.15) is 0 Å². The molecule has 0 N–H and O–H groups in total.